The van der Waals surface area contributed by atoms with Crippen LogP contribution in [0.2, 0.25) is 0 Å². The third-order valence-corrected chi connectivity index (χ3v) is 3.60. The van der Waals surface area contributed by atoms with Crippen LogP contribution in [0.3, 0.4) is 0 Å². The van der Waals surface area contributed by atoms with Gasteiger partial charge in [-0.25, -0.2) is 19.3 Å². The maximum atomic E-state index is 13.7. The molecule has 21 heavy (non-hydrogen) atoms. The Labute approximate surface area is 122 Å². The van der Waals surface area contributed by atoms with Crippen molar-refractivity contribution < 1.29 is 9.13 Å². The van der Waals surface area contributed by atoms with Gasteiger partial charge in [0.2, 0.25) is 5.88 Å². The summed E-state index contributed by atoms with van der Waals surface area (Å²) >= 11 is 0. The van der Waals surface area contributed by atoms with E-state index in [1.807, 2.05) is 13.1 Å². The molecule has 2 aromatic heterocycles. The summed E-state index contributed by atoms with van der Waals surface area (Å²) in [5.41, 5.74) is 3.11. The molecule has 3 heterocycles. The summed E-state index contributed by atoms with van der Waals surface area (Å²) in [6.45, 7) is 4.24. The van der Waals surface area contributed by atoms with Gasteiger partial charge in [0.25, 0.3) is 0 Å². The van der Waals surface area contributed by atoms with Crippen LogP contribution in [0.5, 0.6) is 5.88 Å². The van der Waals surface area contributed by atoms with Crippen molar-refractivity contribution in [1.82, 2.24) is 19.9 Å². The average Bonchev–Trinajstić information content (AvgIpc) is 2.48. The van der Waals surface area contributed by atoms with E-state index in [-0.39, 0.29) is 5.88 Å². The van der Waals surface area contributed by atoms with Crippen molar-refractivity contribution in [3.8, 4) is 5.88 Å². The highest BCUT2D eigenvalue weighted by atomic mass is 19.1. The fourth-order valence-corrected chi connectivity index (χ4v) is 2.57. The predicted octanol–water partition coefficient (Wildman–Crippen LogP) is 1.89. The first-order valence-corrected chi connectivity index (χ1v) is 6.88. The van der Waals surface area contributed by atoms with Crippen LogP contribution in [0.25, 0.3) is 0 Å². The summed E-state index contributed by atoms with van der Waals surface area (Å²) in [5.74, 6) is 0.418. The van der Waals surface area contributed by atoms with Gasteiger partial charge in [-0.1, -0.05) is 0 Å². The fraction of sp³-hybridized carbons (Fsp3) is 0.400. The standard InChI is InChI=1S/C15H17FN4O/c1-10-17-7-12-9-20(4-3-14(12)19-10)8-11-5-13(16)15(21-2)18-6-11/h5-7H,3-4,8-9H2,1-2H3. The van der Waals surface area contributed by atoms with Gasteiger partial charge in [-0.3, -0.25) is 4.90 Å². The number of aryl methyl sites for hydroxylation is 1. The lowest BCUT2D eigenvalue weighted by Gasteiger charge is -2.27. The normalized spacial score (nSPS) is 14.8. The Morgan fingerprint density at radius 2 is 2.19 bits per heavy atom. The maximum Gasteiger partial charge on any atom is 0.250 e. The van der Waals surface area contributed by atoms with Crippen molar-refractivity contribution in [2.24, 2.45) is 0 Å². The Hall–Kier alpha value is -2.08. The Morgan fingerprint density at radius 1 is 1.33 bits per heavy atom. The number of hydrogen-bond acceptors (Lipinski definition) is 5. The van der Waals surface area contributed by atoms with E-state index in [1.165, 1.54) is 13.2 Å². The molecule has 6 heteroatoms. The summed E-state index contributed by atoms with van der Waals surface area (Å²) < 4.78 is 18.5. The zero-order valence-electron chi connectivity index (χ0n) is 12.1. The molecule has 5 nitrogen and oxygen atoms in total. The predicted molar refractivity (Wildman–Crippen MR) is 75.3 cm³/mol. The van der Waals surface area contributed by atoms with Crippen LogP contribution in [0.15, 0.2) is 18.5 Å². The van der Waals surface area contributed by atoms with E-state index in [0.29, 0.717) is 6.54 Å². The second-order valence-electron chi connectivity index (χ2n) is 5.18. The number of halogens is 1. The van der Waals surface area contributed by atoms with E-state index in [9.17, 15) is 4.39 Å². The highest BCUT2D eigenvalue weighted by Crippen LogP contribution is 2.20. The van der Waals surface area contributed by atoms with Crippen LogP contribution in [0.4, 0.5) is 4.39 Å². The molecule has 0 radical (unpaired) electrons. The largest absolute Gasteiger partial charge is 0.479 e. The molecule has 0 amide bonds. The zero-order valence-corrected chi connectivity index (χ0v) is 12.1. The van der Waals surface area contributed by atoms with Crippen molar-refractivity contribution in [2.75, 3.05) is 13.7 Å². The molecular formula is C15H17FN4O. The lowest BCUT2D eigenvalue weighted by molar-refractivity contribution is 0.241. The second-order valence-corrected chi connectivity index (χ2v) is 5.18. The smallest absolute Gasteiger partial charge is 0.250 e. The minimum atomic E-state index is -0.425. The monoisotopic (exact) mass is 288 g/mol. The molecule has 0 atom stereocenters. The first kappa shape index (κ1) is 13.9. The van der Waals surface area contributed by atoms with Crippen molar-refractivity contribution in [2.45, 2.75) is 26.4 Å². The van der Waals surface area contributed by atoms with Crippen molar-refractivity contribution in [3.05, 3.63) is 46.9 Å². The van der Waals surface area contributed by atoms with Gasteiger partial charge in [0.05, 0.1) is 7.11 Å². The number of rotatable bonds is 3. The van der Waals surface area contributed by atoms with E-state index in [4.69, 9.17) is 4.74 Å². The van der Waals surface area contributed by atoms with Gasteiger partial charge >= 0.3 is 0 Å². The van der Waals surface area contributed by atoms with Crippen molar-refractivity contribution >= 4 is 0 Å². The van der Waals surface area contributed by atoms with Gasteiger partial charge in [0.15, 0.2) is 5.82 Å². The first-order chi connectivity index (χ1) is 10.2. The summed E-state index contributed by atoms with van der Waals surface area (Å²) in [7, 11) is 1.41. The first-order valence-electron chi connectivity index (χ1n) is 6.88. The highest BCUT2D eigenvalue weighted by molar-refractivity contribution is 5.23. The number of pyridine rings is 1. The summed E-state index contributed by atoms with van der Waals surface area (Å²) in [6.07, 6.45) is 4.44. The van der Waals surface area contributed by atoms with Crippen LogP contribution >= 0.6 is 0 Å². The van der Waals surface area contributed by atoms with Crippen LogP contribution in [0.1, 0.15) is 22.6 Å². The van der Waals surface area contributed by atoms with E-state index >= 15 is 0 Å². The number of nitrogens with zero attached hydrogens (tertiary/aromatic N) is 4. The van der Waals surface area contributed by atoms with E-state index in [2.05, 4.69) is 19.9 Å². The quantitative estimate of drug-likeness (QED) is 0.863. The topological polar surface area (TPSA) is 51.1 Å². The van der Waals surface area contributed by atoms with Crippen molar-refractivity contribution in [1.29, 1.82) is 0 Å². The van der Waals surface area contributed by atoms with Gasteiger partial charge in [0.1, 0.15) is 5.82 Å². The maximum absolute atomic E-state index is 13.7. The molecule has 0 aliphatic carbocycles. The number of hydrogen-bond donors (Lipinski definition) is 0. The van der Waals surface area contributed by atoms with E-state index in [0.717, 1.165) is 42.2 Å². The lowest BCUT2D eigenvalue weighted by Crippen LogP contribution is -2.31. The highest BCUT2D eigenvalue weighted by Gasteiger charge is 2.18. The third kappa shape index (κ3) is 3.00. The lowest BCUT2D eigenvalue weighted by atomic mass is 10.1. The molecule has 0 bridgehead atoms. The van der Waals surface area contributed by atoms with Crippen LogP contribution in [-0.2, 0) is 19.5 Å². The molecule has 0 saturated heterocycles. The zero-order chi connectivity index (χ0) is 14.8. The summed E-state index contributed by atoms with van der Waals surface area (Å²) in [6, 6.07) is 1.48. The van der Waals surface area contributed by atoms with E-state index in [1.54, 1.807) is 6.20 Å². The summed E-state index contributed by atoms with van der Waals surface area (Å²) in [4.78, 5) is 14.9. The molecule has 0 spiro atoms. The SMILES string of the molecule is COc1ncc(CN2CCc3nc(C)ncc3C2)cc1F. The molecule has 110 valence electrons. The molecule has 3 rings (SSSR count). The molecule has 0 saturated carbocycles. The van der Waals surface area contributed by atoms with Crippen LogP contribution in [0, 0.1) is 12.7 Å². The Morgan fingerprint density at radius 3 is 2.95 bits per heavy atom. The average molecular weight is 288 g/mol. The van der Waals surface area contributed by atoms with Crippen LogP contribution in [-0.4, -0.2) is 33.5 Å². The minimum absolute atomic E-state index is 0.0339. The van der Waals surface area contributed by atoms with Crippen molar-refractivity contribution in [3.63, 3.8) is 0 Å². The number of ether oxygens (including phenoxy) is 1. The van der Waals surface area contributed by atoms with Gasteiger partial charge in [0, 0.05) is 49.7 Å². The Kier molecular flexibility index (Phi) is 3.79. The molecule has 0 N–H and O–H groups in total. The van der Waals surface area contributed by atoms with Gasteiger partial charge in [-0.2, -0.15) is 0 Å². The molecule has 1 aliphatic rings. The minimum Gasteiger partial charge on any atom is -0.479 e. The molecule has 1 aliphatic heterocycles. The molecule has 2 aromatic rings. The Balaban J connectivity index is 1.72. The number of methoxy groups -OCH3 is 1. The van der Waals surface area contributed by atoms with Gasteiger partial charge in [-0.05, 0) is 18.6 Å². The second kappa shape index (κ2) is 5.73. The summed E-state index contributed by atoms with van der Waals surface area (Å²) in [5, 5.41) is 0. The number of fused-ring (bicyclic) bond motifs is 1. The fourth-order valence-electron chi connectivity index (χ4n) is 2.57. The Bertz CT molecular complexity index is 662. The molecule has 0 unspecified atom stereocenters. The van der Waals surface area contributed by atoms with E-state index < -0.39 is 5.82 Å². The van der Waals surface area contributed by atoms with Gasteiger partial charge in [-0.15, -0.1) is 0 Å². The third-order valence-electron chi connectivity index (χ3n) is 3.60. The molecular weight excluding hydrogens is 271 g/mol. The van der Waals surface area contributed by atoms with Gasteiger partial charge < -0.3 is 4.74 Å². The number of aromatic nitrogens is 3. The molecule has 0 aromatic carbocycles. The van der Waals surface area contributed by atoms with Crippen LogP contribution < -0.4 is 4.74 Å². The molecule has 0 fully saturated rings.